The summed E-state index contributed by atoms with van der Waals surface area (Å²) in [7, 11) is -9.60. The minimum absolute atomic E-state index is 0.223. The lowest BCUT2D eigenvalue weighted by Gasteiger charge is -2.18. The maximum atomic E-state index is 15.4. The van der Waals surface area contributed by atoms with Crippen LogP contribution in [0.2, 0.25) is 0 Å². The number of alkyl halides is 3. The van der Waals surface area contributed by atoms with Crippen molar-refractivity contribution in [3.8, 4) is 11.8 Å². The van der Waals surface area contributed by atoms with Gasteiger partial charge in [0, 0.05) is 44.6 Å². The SMILES string of the molecule is CCO.O=P(Cl)(Cl)CP(=O)(Cl)Cl.O=P(O)(O)CP(=O)(O)OC[C@H]1O[C@@H](n2cnc3c(NCc4ccccc4)nc(CCc4ccccc4)nc32)[C@@H](F)[C@@H]1O.OC[C@H]1O[C@@H](n2cnc3c(NCc4ccccc4)nc(C#Cc4ccccc4)nc32)[C@@H](F)[C@@H]1O.OC[C@H]1O[C@@H](n2cnc3c(NCc4ccccc4)nc(CCc4ccccc4)nc32)[C@@H](F)[C@@H]1O. The highest BCUT2D eigenvalue weighted by molar-refractivity contribution is 8.21. The molecule has 0 aliphatic carbocycles. The number of halogens is 7. The van der Waals surface area contributed by atoms with Gasteiger partial charge < -0.3 is 80.0 Å². The van der Waals surface area contributed by atoms with Gasteiger partial charge in [0.25, 0.3) is 11.7 Å². The zero-order valence-electron chi connectivity index (χ0n) is 64.8. The summed E-state index contributed by atoms with van der Waals surface area (Å²) in [6.45, 7) is 1.64. The lowest BCUT2D eigenvalue weighted by atomic mass is 10.1. The van der Waals surface area contributed by atoms with Crippen LogP contribution in [0.25, 0.3) is 33.5 Å². The fourth-order valence-corrected chi connectivity index (χ4v) is 24.2. The van der Waals surface area contributed by atoms with E-state index in [0.717, 1.165) is 39.8 Å². The van der Waals surface area contributed by atoms with E-state index in [-0.39, 0.29) is 18.1 Å². The Morgan fingerprint density at radius 1 is 0.434 bits per heavy atom. The molecule has 3 fully saturated rings. The summed E-state index contributed by atoms with van der Waals surface area (Å²) in [5.74, 6) is -0.00936. The van der Waals surface area contributed by atoms with Crippen LogP contribution in [0.3, 0.4) is 0 Å². The molecule has 0 spiro atoms. The molecule has 43 heteroatoms. The molecule has 3 saturated heterocycles. The van der Waals surface area contributed by atoms with Crippen LogP contribution in [0.1, 0.15) is 76.5 Å². The lowest BCUT2D eigenvalue weighted by Crippen LogP contribution is -2.31. The highest BCUT2D eigenvalue weighted by Gasteiger charge is 2.49. The Bertz CT molecular complexity index is 5640. The van der Waals surface area contributed by atoms with Crippen LogP contribution in [0.15, 0.2) is 201 Å². The van der Waals surface area contributed by atoms with Gasteiger partial charge in [0.05, 0.1) is 38.8 Å². The number of nitrogens with one attached hydrogen (secondary N) is 3. The number of nitrogens with zero attached hydrogens (tertiary/aromatic N) is 12. The molecule has 12 aromatic rings. The topological polar surface area (TPSA) is 454 Å². The second kappa shape index (κ2) is 43.7. The predicted molar refractivity (Wildman–Crippen MR) is 455 cm³/mol. The van der Waals surface area contributed by atoms with E-state index in [1.165, 1.54) is 32.7 Å². The summed E-state index contributed by atoms with van der Waals surface area (Å²) < 4.78 is 115. The van der Waals surface area contributed by atoms with Gasteiger partial charge in [0.2, 0.25) is 5.82 Å². The van der Waals surface area contributed by atoms with Crippen LogP contribution >= 0.6 is 71.8 Å². The maximum absolute atomic E-state index is 15.4. The first-order valence-corrected chi connectivity index (χ1v) is 48.8. The number of aliphatic hydroxyl groups excluding tert-OH is 6. The van der Waals surface area contributed by atoms with Crippen LogP contribution in [-0.2, 0) is 82.3 Å². The first kappa shape index (κ1) is 94.0. The van der Waals surface area contributed by atoms with Crippen molar-refractivity contribution in [2.75, 3.05) is 54.2 Å². The first-order valence-electron chi connectivity index (χ1n) is 37.8. The Hall–Kier alpha value is -8.72. The Morgan fingerprint density at radius 3 is 1.08 bits per heavy atom. The molecule has 0 saturated carbocycles. The number of aromatic nitrogens is 12. The van der Waals surface area contributed by atoms with E-state index in [1.54, 1.807) is 6.92 Å². The number of aliphatic hydroxyl groups is 6. The second-order valence-corrected chi connectivity index (χ2v) is 42.6. The van der Waals surface area contributed by atoms with Crippen LogP contribution in [0.4, 0.5) is 30.6 Å². The van der Waals surface area contributed by atoms with Crippen LogP contribution in [-0.4, -0.2) is 197 Å². The number of benzene rings is 6. The molecule has 12 N–H and O–H groups in total. The normalized spacial score (nSPS) is 21.2. The molecule has 13 atom stereocenters. The van der Waals surface area contributed by atoms with E-state index in [4.69, 9.17) is 83.6 Å². The Labute approximate surface area is 716 Å². The van der Waals surface area contributed by atoms with Crippen molar-refractivity contribution < 1.29 is 95.5 Å². The summed E-state index contributed by atoms with van der Waals surface area (Å²) in [6.07, 6.45) is -10.7. The molecule has 1 unspecified atom stereocenters. The minimum Gasteiger partial charge on any atom is -0.397 e. The number of fused-ring (bicyclic) bond motifs is 3. The van der Waals surface area contributed by atoms with Crippen LogP contribution < -0.4 is 16.0 Å². The summed E-state index contributed by atoms with van der Waals surface area (Å²) in [4.78, 5) is 68.7. The third-order valence-electron chi connectivity index (χ3n) is 18.5. The highest BCUT2D eigenvalue weighted by atomic mass is 35.9. The van der Waals surface area contributed by atoms with Crippen molar-refractivity contribution in [3.05, 3.63) is 252 Å². The molecule has 6 aromatic carbocycles. The van der Waals surface area contributed by atoms with Gasteiger partial charge in [0.15, 0.2) is 94.0 Å². The van der Waals surface area contributed by atoms with Gasteiger partial charge in [0.1, 0.15) is 54.2 Å². The van der Waals surface area contributed by atoms with Gasteiger partial charge >= 0.3 is 15.2 Å². The first-order chi connectivity index (χ1) is 58.4. The zero-order chi connectivity index (χ0) is 87.3. The Balaban J connectivity index is 0.000000168. The minimum atomic E-state index is -4.86. The number of rotatable bonds is 27. The molecule has 648 valence electrons. The average molecular weight is 1840 g/mol. The molecule has 6 aromatic heterocycles. The number of anilines is 3. The van der Waals surface area contributed by atoms with Gasteiger partial charge in [-0.3, -0.25) is 32.0 Å². The van der Waals surface area contributed by atoms with Crippen LogP contribution in [0, 0.1) is 11.8 Å². The van der Waals surface area contributed by atoms with E-state index in [2.05, 4.69) is 67.7 Å². The van der Waals surface area contributed by atoms with Crippen molar-refractivity contribution in [2.24, 2.45) is 0 Å². The van der Waals surface area contributed by atoms with Gasteiger partial charge in [-0.05, 0) is 111 Å². The molecule has 122 heavy (non-hydrogen) atoms. The molecule has 32 nitrogen and oxygen atoms in total. The van der Waals surface area contributed by atoms with E-state index in [9.17, 15) is 57.5 Å². The predicted octanol–water partition coefficient (Wildman–Crippen LogP) is 12.7. The van der Waals surface area contributed by atoms with Gasteiger partial charge in [-0.15, -0.1) is 0 Å². The molecule has 3 aliphatic heterocycles. The highest BCUT2D eigenvalue weighted by Crippen LogP contribution is 2.72. The number of ether oxygens (including phenoxy) is 3. The number of imidazole rings is 3. The Kier molecular flexibility index (Phi) is 33.7. The largest absolute Gasteiger partial charge is 0.397 e. The number of hydrogen-bond donors (Lipinski definition) is 12. The summed E-state index contributed by atoms with van der Waals surface area (Å²) >= 11 is 20.0. The molecular formula is C79H86Cl4F3N15O17P4. The van der Waals surface area contributed by atoms with Crippen molar-refractivity contribution in [3.63, 3.8) is 0 Å². The molecule has 9 heterocycles. The van der Waals surface area contributed by atoms with E-state index in [0.29, 0.717) is 95.8 Å². The molecule has 0 amide bonds. The second-order valence-electron chi connectivity index (χ2n) is 27.7. The van der Waals surface area contributed by atoms with Crippen molar-refractivity contribution >= 4 is 123 Å². The Morgan fingerprint density at radius 2 is 0.754 bits per heavy atom. The van der Waals surface area contributed by atoms with E-state index < -0.39 is 132 Å². The van der Waals surface area contributed by atoms with E-state index in [1.807, 2.05) is 182 Å². The fraction of sp³-hybridized carbons (Fsp3) is 0.329. The number of hydrogen-bond acceptors (Lipinski definition) is 26. The van der Waals surface area contributed by atoms with Crippen molar-refractivity contribution in [1.29, 1.82) is 0 Å². The quantitative estimate of drug-likeness (QED) is 0.0168. The number of aryl methyl sites for hydroxylation is 4. The molecular weight excluding hydrogens is 1750 g/mol. The van der Waals surface area contributed by atoms with Crippen LogP contribution in [0.5, 0.6) is 0 Å². The third-order valence-corrected chi connectivity index (χ3v) is 28.5. The lowest BCUT2D eigenvalue weighted by molar-refractivity contribution is -0.0459. The summed E-state index contributed by atoms with van der Waals surface area (Å²) in [6, 6.07) is 58.6. The summed E-state index contributed by atoms with van der Waals surface area (Å²) in [5.41, 5.74) is 8.39. The van der Waals surface area contributed by atoms with Gasteiger partial charge in [-0.2, -0.15) is 0 Å². The van der Waals surface area contributed by atoms with Gasteiger partial charge in [-0.25, -0.2) is 58.0 Å². The molecule has 3 aliphatic rings. The molecule has 0 radical (unpaired) electrons. The fourth-order valence-electron chi connectivity index (χ4n) is 12.7. The smallest absolute Gasteiger partial charge is 0.340 e. The zero-order valence-corrected chi connectivity index (χ0v) is 71.4. The average Bonchev–Trinajstić information content (AvgIpc) is 1.62. The maximum Gasteiger partial charge on any atom is 0.340 e. The van der Waals surface area contributed by atoms with Crippen molar-refractivity contribution in [2.45, 2.75) is 126 Å². The van der Waals surface area contributed by atoms with Gasteiger partial charge in [-0.1, -0.05) is 176 Å². The van der Waals surface area contributed by atoms with E-state index >= 15 is 4.39 Å². The molecule has 0 bridgehead atoms. The van der Waals surface area contributed by atoms with Crippen molar-refractivity contribution in [1.82, 2.24) is 58.6 Å². The molecule has 15 rings (SSSR count). The summed E-state index contributed by atoms with van der Waals surface area (Å²) in [5, 5.41) is 66.9. The third kappa shape index (κ3) is 26.4. The standard InChI is InChI=1S/C26H30FN5O8P2.C25H26FN5O3.C25H22FN5O3.C2H6O.CH2Cl4O2P2/c27-21-23(33)19(14-39-42(37,38)16-41(34,35)36)40-26(21)32-15-29-22-24(28-13-18-9-5-2-6-10-18)30-20(31-25(22)32)12-11-17-7-3-1-4-8-17;2*26-20-22(33)18(14-32)34-25(20)31-15-28-21-23(27-13-17-9-5-2-6-10-17)29-19(30-24(21)31)12-11-16-7-3-1-4-8-16;1-2-3;2-8(3,6)1-9(4,5)7/h1-10,15,19,21,23,26,33H,11-14,16H2,(H,37,38)(H,28,30,31)(H2,34,35,36);1-10,15,18,20,22,25,32-33H,11-14H2,(H,27,29,30);1-10,15,18,20,22,25,32-33H,13-14H2,(H,27,29,30);3H,2H2,1H3;1H2/t19-,21+,23-,26-;2*18-,20+,22-,25-;;/m111../s1. The monoisotopic (exact) mass is 1840 g/mol.